The minimum atomic E-state index is -0.913. The highest BCUT2D eigenvalue weighted by Gasteiger charge is 2.28. The molecule has 2 aromatic heterocycles. The SMILES string of the molecule is Nc1ncnc2c1c(-c1ccc(Oc3ccccc3)cc1)nn2C1CCCN(C(=O)CCSCC(N)CNCC(=O)O)C1. The van der Waals surface area contributed by atoms with Gasteiger partial charge in [0, 0.05) is 49.2 Å². The van der Waals surface area contributed by atoms with Crippen molar-refractivity contribution in [2.75, 3.05) is 43.4 Å². The van der Waals surface area contributed by atoms with Crippen LogP contribution in [0.1, 0.15) is 25.3 Å². The Balaban J connectivity index is 1.24. The molecule has 1 fully saturated rings. The number of nitrogens with two attached hydrogens (primary N) is 2. The summed E-state index contributed by atoms with van der Waals surface area (Å²) < 4.78 is 7.84. The van der Waals surface area contributed by atoms with Crippen LogP contribution in [0.3, 0.4) is 0 Å². The highest BCUT2D eigenvalue weighted by atomic mass is 32.2. The predicted molar refractivity (Wildman–Crippen MR) is 167 cm³/mol. The zero-order chi connectivity index (χ0) is 30.2. The lowest BCUT2D eigenvalue weighted by molar-refractivity contribution is -0.136. The van der Waals surface area contributed by atoms with Crippen LogP contribution in [0.2, 0.25) is 0 Å². The first-order chi connectivity index (χ1) is 20.9. The number of aliphatic carboxylic acids is 1. The first-order valence-electron chi connectivity index (χ1n) is 14.2. The normalized spacial score (nSPS) is 15.8. The summed E-state index contributed by atoms with van der Waals surface area (Å²) >= 11 is 1.60. The van der Waals surface area contributed by atoms with E-state index in [4.69, 9.17) is 26.4 Å². The number of para-hydroxylation sites is 1. The number of amides is 1. The molecule has 2 unspecified atom stereocenters. The van der Waals surface area contributed by atoms with Gasteiger partial charge in [-0.05, 0) is 49.2 Å². The number of hydrogen-bond acceptors (Lipinski definition) is 10. The van der Waals surface area contributed by atoms with E-state index in [0.29, 0.717) is 65.9 Å². The fourth-order valence-corrected chi connectivity index (χ4v) is 6.02. The van der Waals surface area contributed by atoms with Crippen LogP contribution in [0.5, 0.6) is 11.5 Å². The molecule has 1 aliphatic heterocycles. The van der Waals surface area contributed by atoms with Gasteiger partial charge >= 0.3 is 5.97 Å². The number of likely N-dealkylation sites (tertiary alicyclic amines) is 1. The molecule has 2 aromatic carbocycles. The molecule has 5 rings (SSSR count). The Kier molecular flexibility index (Phi) is 10.1. The molecule has 12 nitrogen and oxygen atoms in total. The van der Waals surface area contributed by atoms with Gasteiger partial charge in [-0.2, -0.15) is 16.9 Å². The number of ether oxygens (including phenoxy) is 1. The summed E-state index contributed by atoms with van der Waals surface area (Å²) in [6.45, 7) is 1.53. The van der Waals surface area contributed by atoms with E-state index in [1.807, 2.05) is 64.2 Å². The minimum absolute atomic E-state index is 0.0506. The Bertz CT molecular complexity index is 1530. The number of carbonyl (C=O) groups excluding carboxylic acids is 1. The zero-order valence-electron chi connectivity index (χ0n) is 23.8. The maximum absolute atomic E-state index is 13.1. The Morgan fingerprint density at radius 3 is 2.65 bits per heavy atom. The minimum Gasteiger partial charge on any atom is -0.480 e. The number of carboxylic acids is 1. The van der Waals surface area contributed by atoms with Gasteiger partial charge < -0.3 is 31.5 Å². The van der Waals surface area contributed by atoms with Crippen molar-refractivity contribution in [1.29, 1.82) is 0 Å². The topological polar surface area (TPSA) is 175 Å². The molecule has 1 amide bonds. The Hall–Kier alpha value is -4.20. The summed E-state index contributed by atoms with van der Waals surface area (Å²) in [4.78, 5) is 34.4. The molecule has 0 bridgehead atoms. The Morgan fingerprint density at radius 1 is 1.12 bits per heavy atom. The molecule has 3 heterocycles. The average Bonchev–Trinajstić information content (AvgIpc) is 3.41. The maximum Gasteiger partial charge on any atom is 0.317 e. The van der Waals surface area contributed by atoms with Crippen LogP contribution in [-0.4, -0.2) is 85.4 Å². The molecule has 0 aliphatic carbocycles. The third-order valence-electron chi connectivity index (χ3n) is 7.19. The molecule has 13 heteroatoms. The van der Waals surface area contributed by atoms with Crippen molar-refractivity contribution in [3.05, 3.63) is 60.9 Å². The van der Waals surface area contributed by atoms with E-state index in [2.05, 4.69) is 15.3 Å². The summed E-state index contributed by atoms with van der Waals surface area (Å²) in [6.07, 6.45) is 3.57. The number of piperidine rings is 1. The lowest BCUT2D eigenvalue weighted by atomic mass is 10.1. The van der Waals surface area contributed by atoms with E-state index in [1.54, 1.807) is 11.8 Å². The van der Waals surface area contributed by atoms with E-state index in [0.717, 1.165) is 24.2 Å². The number of benzene rings is 2. The van der Waals surface area contributed by atoms with Crippen molar-refractivity contribution in [2.24, 2.45) is 5.73 Å². The van der Waals surface area contributed by atoms with Gasteiger partial charge in [0.2, 0.25) is 5.91 Å². The number of thioether (sulfide) groups is 1. The molecular formula is C30H36N8O4S. The number of hydrogen-bond donors (Lipinski definition) is 4. The highest BCUT2D eigenvalue weighted by molar-refractivity contribution is 7.99. The van der Waals surface area contributed by atoms with Crippen LogP contribution in [0.4, 0.5) is 5.82 Å². The number of carboxylic acid groups (broad SMARTS) is 1. The van der Waals surface area contributed by atoms with Gasteiger partial charge in [-0.15, -0.1) is 0 Å². The number of aromatic nitrogens is 4. The highest BCUT2D eigenvalue weighted by Crippen LogP contribution is 2.35. The van der Waals surface area contributed by atoms with E-state index >= 15 is 0 Å². The number of nitrogens with zero attached hydrogens (tertiary/aromatic N) is 5. The Morgan fingerprint density at radius 2 is 1.88 bits per heavy atom. The van der Waals surface area contributed by atoms with E-state index < -0.39 is 5.97 Å². The molecule has 4 aromatic rings. The number of anilines is 1. The molecule has 6 N–H and O–H groups in total. The molecular weight excluding hydrogens is 568 g/mol. The number of rotatable bonds is 13. The number of fused-ring (bicyclic) bond motifs is 1. The molecule has 1 saturated heterocycles. The van der Waals surface area contributed by atoms with Crippen LogP contribution in [0, 0.1) is 0 Å². The summed E-state index contributed by atoms with van der Waals surface area (Å²) in [5.74, 6) is 2.29. The second-order valence-electron chi connectivity index (χ2n) is 10.4. The standard InChI is InChI=1S/C30H36N8O4S/c31-21(15-33-16-26(40)41)18-43-14-12-25(39)37-13-4-5-22(17-37)38-30-27(29(32)34-19-35-30)28(36-38)20-8-10-24(11-9-20)42-23-6-2-1-3-7-23/h1-3,6-11,19,21-22,33H,4-5,12-18,31H2,(H,40,41)(H2,32,34,35). The lowest BCUT2D eigenvalue weighted by Gasteiger charge is -2.33. The van der Waals surface area contributed by atoms with Crippen molar-refractivity contribution in [3.8, 4) is 22.8 Å². The molecule has 0 saturated carbocycles. The second kappa shape index (κ2) is 14.3. The second-order valence-corrected chi connectivity index (χ2v) is 11.6. The van der Waals surface area contributed by atoms with E-state index in [1.165, 1.54) is 6.33 Å². The molecule has 226 valence electrons. The van der Waals surface area contributed by atoms with Crippen molar-refractivity contribution >= 4 is 40.5 Å². The largest absolute Gasteiger partial charge is 0.480 e. The third kappa shape index (κ3) is 7.80. The van der Waals surface area contributed by atoms with Gasteiger partial charge in [-0.3, -0.25) is 9.59 Å². The average molecular weight is 605 g/mol. The monoisotopic (exact) mass is 604 g/mol. The predicted octanol–water partition coefficient (Wildman–Crippen LogP) is 3.16. The van der Waals surface area contributed by atoms with Crippen molar-refractivity contribution in [2.45, 2.75) is 31.3 Å². The first kappa shape index (κ1) is 30.3. The summed E-state index contributed by atoms with van der Waals surface area (Å²) in [5.41, 5.74) is 14.6. The van der Waals surface area contributed by atoms with Gasteiger partial charge in [0.15, 0.2) is 5.65 Å². The van der Waals surface area contributed by atoms with Crippen LogP contribution in [-0.2, 0) is 9.59 Å². The van der Waals surface area contributed by atoms with Crippen molar-refractivity contribution in [3.63, 3.8) is 0 Å². The fraction of sp³-hybridized carbons (Fsp3) is 0.367. The molecule has 2 atom stereocenters. The molecule has 0 spiro atoms. The van der Waals surface area contributed by atoms with Gasteiger partial charge in [0.1, 0.15) is 29.3 Å². The van der Waals surface area contributed by atoms with Crippen molar-refractivity contribution in [1.82, 2.24) is 30.0 Å². The Labute approximate surface area is 253 Å². The van der Waals surface area contributed by atoms with Crippen LogP contribution >= 0.6 is 11.8 Å². The molecule has 1 aliphatic rings. The van der Waals surface area contributed by atoms with Gasteiger partial charge in [-0.25, -0.2) is 14.6 Å². The van der Waals surface area contributed by atoms with Crippen LogP contribution in [0.25, 0.3) is 22.3 Å². The van der Waals surface area contributed by atoms with E-state index in [-0.39, 0.29) is 24.5 Å². The van der Waals surface area contributed by atoms with Gasteiger partial charge in [0.25, 0.3) is 0 Å². The summed E-state index contributed by atoms with van der Waals surface area (Å²) in [6, 6.07) is 17.0. The van der Waals surface area contributed by atoms with Gasteiger partial charge in [-0.1, -0.05) is 18.2 Å². The summed E-state index contributed by atoms with van der Waals surface area (Å²) in [7, 11) is 0. The quantitative estimate of drug-likeness (QED) is 0.165. The smallest absolute Gasteiger partial charge is 0.317 e. The summed E-state index contributed by atoms with van der Waals surface area (Å²) in [5, 5.41) is 17.2. The van der Waals surface area contributed by atoms with Crippen LogP contribution < -0.4 is 21.5 Å². The third-order valence-corrected chi connectivity index (χ3v) is 8.35. The number of carbonyl (C=O) groups is 2. The first-order valence-corrected chi connectivity index (χ1v) is 15.4. The van der Waals surface area contributed by atoms with Crippen molar-refractivity contribution < 1.29 is 19.4 Å². The van der Waals surface area contributed by atoms with E-state index in [9.17, 15) is 9.59 Å². The maximum atomic E-state index is 13.1. The molecule has 0 radical (unpaired) electrons. The molecule has 43 heavy (non-hydrogen) atoms. The van der Waals surface area contributed by atoms with Crippen LogP contribution in [0.15, 0.2) is 60.9 Å². The number of nitrogens with one attached hydrogen (secondary N) is 1. The zero-order valence-corrected chi connectivity index (χ0v) is 24.6. The fourth-order valence-electron chi connectivity index (χ4n) is 5.11. The lowest BCUT2D eigenvalue weighted by Crippen LogP contribution is -2.41. The van der Waals surface area contributed by atoms with Gasteiger partial charge in [0.05, 0.1) is 18.0 Å². The number of nitrogen functional groups attached to an aromatic ring is 1.